The molecule has 1 unspecified atom stereocenters. The summed E-state index contributed by atoms with van der Waals surface area (Å²) in [5, 5.41) is 5.81. The van der Waals surface area contributed by atoms with Gasteiger partial charge in [0, 0.05) is 15.4 Å². The molecule has 1 N–H and O–H groups in total. The molecule has 0 radical (unpaired) electrons. The maximum absolute atomic E-state index is 3.65. The van der Waals surface area contributed by atoms with Crippen LogP contribution < -0.4 is 5.32 Å². The fraction of sp³-hybridized carbons (Fsp3) is 0.714. The number of hydrogen-bond donors (Lipinski definition) is 1. The summed E-state index contributed by atoms with van der Waals surface area (Å²) >= 11 is 5.44. The van der Waals surface area contributed by atoms with Gasteiger partial charge in [-0.05, 0) is 53.2 Å². The molecule has 0 amide bonds. The highest BCUT2D eigenvalue weighted by Gasteiger charge is 2.14. The second-order valence-electron chi connectivity index (χ2n) is 5.10. The fourth-order valence-corrected chi connectivity index (χ4v) is 4.44. The Morgan fingerprint density at radius 2 is 2.18 bits per heavy atom. The van der Waals surface area contributed by atoms with E-state index in [0.717, 1.165) is 12.5 Å². The third-order valence-electron chi connectivity index (χ3n) is 3.77. The average molecular weight is 316 g/mol. The minimum absolute atomic E-state index is 0.480. The van der Waals surface area contributed by atoms with Gasteiger partial charge in [-0.25, -0.2) is 0 Å². The van der Waals surface area contributed by atoms with Gasteiger partial charge >= 0.3 is 0 Å². The van der Waals surface area contributed by atoms with Crippen LogP contribution in [0, 0.1) is 5.92 Å². The van der Waals surface area contributed by atoms with Crippen molar-refractivity contribution in [1.29, 1.82) is 0 Å². The van der Waals surface area contributed by atoms with Crippen molar-refractivity contribution in [1.82, 2.24) is 5.32 Å². The molecular formula is C14H22BrNS. The molecule has 3 heteroatoms. The maximum atomic E-state index is 3.65. The molecule has 1 aromatic heterocycles. The second-order valence-corrected chi connectivity index (χ2v) is 6.90. The summed E-state index contributed by atoms with van der Waals surface area (Å²) in [5.74, 6) is 0.982. The van der Waals surface area contributed by atoms with E-state index in [1.807, 2.05) is 11.3 Å². The molecule has 17 heavy (non-hydrogen) atoms. The summed E-state index contributed by atoms with van der Waals surface area (Å²) in [6.45, 7) is 3.42. The summed E-state index contributed by atoms with van der Waals surface area (Å²) in [4.78, 5) is 1.42. The highest BCUT2D eigenvalue weighted by Crippen LogP contribution is 2.29. The van der Waals surface area contributed by atoms with Crippen LogP contribution in [0.25, 0.3) is 0 Å². The zero-order valence-electron chi connectivity index (χ0n) is 10.5. The maximum Gasteiger partial charge on any atom is 0.0397 e. The van der Waals surface area contributed by atoms with Gasteiger partial charge in [-0.3, -0.25) is 0 Å². The van der Waals surface area contributed by atoms with Crippen molar-refractivity contribution in [2.24, 2.45) is 5.92 Å². The Kier molecular flexibility index (Phi) is 5.51. The third-order valence-corrected chi connectivity index (χ3v) is 5.82. The number of hydrogen-bond acceptors (Lipinski definition) is 2. The van der Waals surface area contributed by atoms with Crippen molar-refractivity contribution in [2.45, 2.75) is 51.5 Å². The lowest BCUT2D eigenvalue weighted by Gasteiger charge is -2.22. The minimum atomic E-state index is 0.480. The molecule has 0 aromatic carbocycles. The van der Waals surface area contributed by atoms with Crippen LogP contribution in [0.4, 0.5) is 0 Å². The molecular weight excluding hydrogens is 294 g/mol. The summed E-state index contributed by atoms with van der Waals surface area (Å²) < 4.78 is 1.25. The standard InChI is InChI=1S/C14H22BrNS/c1-11(14-13(15)8-10-17-14)16-9-7-12-5-3-2-4-6-12/h8,10-12,16H,2-7,9H2,1H3. The Morgan fingerprint density at radius 1 is 1.41 bits per heavy atom. The van der Waals surface area contributed by atoms with Crippen LogP contribution >= 0.6 is 27.3 Å². The first-order chi connectivity index (χ1) is 8.27. The van der Waals surface area contributed by atoms with Gasteiger partial charge in [-0.15, -0.1) is 11.3 Å². The Labute approximate surface area is 117 Å². The van der Waals surface area contributed by atoms with Crippen molar-refractivity contribution in [2.75, 3.05) is 6.54 Å². The summed E-state index contributed by atoms with van der Waals surface area (Å²) in [7, 11) is 0. The van der Waals surface area contributed by atoms with Gasteiger partial charge < -0.3 is 5.32 Å². The monoisotopic (exact) mass is 315 g/mol. The Bertz CT molecular complexity index is 331. The number of rotatable bonds is 5. The third kappa shape index (κ3) is 4.08. The number of halogens is 1. The van der Waals surface area contributed by atoms with Gasteiger partial charge in [-0.2, -0.15) is 0 Å². The van der Waals surface area contributed by atoms with Crippen LogP contribution in [-0.2, 0) is 0 Å². The quantitative estimate of drug-likeness (QED) is 0.794. The van der Waals surface area contributed by atoms with Crippen molar-refractivity contribution < 1.29 is 0 Å². The van der Waals surface area contributed by atoms with E-state index >= 15 is 0 Å². The highest BCUT2D eigenvalue weighted by molar-refractivity contribution is 9.10. The summed E-state index contributed by atoms with van der Waals surface area (Å²) in [6, 6.07) is 2.62. The van der Waals surface area contributed by atoms with Gasteiger partial charge in [0.2, 0.25) is 0 Å². The predicted molar refractivity (Wildman–Crippen MR) is 79.6 cm³/mol. The van der Waals surface area contributed by atoms with Crippen LogP contribution in [0.3, 0.4) is 0 Å². The Hall–Kier alpha value is 0.140. The molecule has 1 aromatic rings. The number of thiophene rings is 1. The molecule has 1 nitrogen and oxygen atoms in total. The van der Waals surface area contributed by atoms with E-state index in [0.29, 0.717) is 6.04 Å². The minimum Gasteiger partial charge on any atom is -0.309 e. The molecule has 1 atom stereocenters. The van der Waals surface area contributed by atoms with E-state index in [1.54, 1.807) is 0 Å². The predicted octanol–water partition coefficient (Wildman–Crippen LogP) is 5.13. The van der Waals surface area contributed by atoms with Crippen molar-refractivity contribution in [3.05, 3.63) is 20.8 Å². The molecule has 2 rings (SSSR count). The van der Waals surface area contributed by atoms with Crippen LogP contribution in [0.5, 0.6) is 0 Å². The van der Waals surface area contributed by atoms with E-state index in [4.69, 9.17) is 0 Å². The van der Waals surface area contributed by atoms with Crippen LogP contribution in [0.15, 0.2) is 15.9 Å². The lowest BCUT2D eigenvalue weighted by molar-refractivity contribution is 0.330. The zero-order chi connectivity index (χ0) is 12.1. The topological polar surface area (TPSA) is 12.0 Å². The largest absolute Gasteiger partial charge is 0.309 e. The van der Waals surface area contributed by atoms with Crippen molar-refractivity contribution in [3.8, 4) is 0 Å². The van der Waals surface area contributed by atoms with Crippen LogP contribution in [0.2, 0.25) is 0 Å². The zero-order valence-corrected chi connectivity index (χ0v) is 12.9. The molecule has 0 saturated heterocycles. The van der Waals surface area contributed by atoms with Gasteiger partial charge in [0.1, 0.15) is 0 Å². The van der Waals surface area contributed by atoms with Crippen molar-refractivity contribution >= 4 is 27.3 Å². The van der Waals surface area contributed by atoms with Gasteiger partial charge in [0.25, 0.3) is 0 Å². The molecule has 1 aliphatic carbocycles. The van der Waals surface area contributed by atoms with E-state index < -0.39 is 0 Å². The smallest absolute Gasteiger partial charge is 0.0397 e. The second kappa shape index (κ2) is 6.91. The molecule has 0 bridgehead atoms. The Morgan fingerprint density at radius 3 is 2.82 bits per heavy atom. The molecule has 1 aliphatic rings. The molecule has 0 spiro atoms. The lowest BCUT2D eigenvalue weighted by Crippen LogP contribution is -2.22. The van der Waals surface area contributed by atoms with Gasteiger partial charge in [0.05, 0.1) is 0 Å². The molecule has 0 aliphatic heterocycles. The molecule has 1 fully saturated rings. The number of nitrogens with one attached hydrogen (secondary N) is 1. The van der Waals surface area contributed by atoms with Crippen LogP contribution in [-0.4, -0.2) is 6.54 Å². The van der Waals surface area contributed by atoms with Crippen LogP contribution in [0.1, 0.15) is 56.4 Å². The average Bonchev–Trinajstić information content (AvgIpc) is 2.77. The van der Waals surface area contributed by atoms with E-state index in [-0.39, 0.29) is 0 Å². The summed E-state index contributed by atoms with van der Waals surface area (Å²) in [6.07, 6.45) is 8.64. The lowest BCUT2D eigenvalue weighted by atomic mass is 9.87. The molecule has 1 saturated carbocycles. The van der Waals surface area contributed by atoms with E-state index in [1.165, 1.54) is 47.9 Å². The first-order valence-electron chi connectivity index (χ1n) is 6.73. The van der Waals surface area contributed by atoms with E-state index in [2.05, 4.69) is 39.6 Å². The van der Waals surface area contributed by atoms with Gasteiger partial charge in [-0.1, -0.05) is 32.1 Å². The Balaban J connectivity index is 1.69. The van der Waals surface area contributed by atoms with E-state index in [9.17, 15) is 0 Å². The molecule has 1 heterocycles. The van der Waals surface area contributed by atoms with Gasteiger partial charge in [0.15, 0.2) is 0 Å². The SMILES string of the molecule is CC(NCCC1CCCCC1)c1sccc1Br. The first kappa shape index (κ1) is 13.6. The fourth-order valence-electron chi connectivity index (χ4n) is 2.69. The summed E-state index contributed by atoms with van der Waals surface area (Å²) in [5.41, 5.74) is 0. The highest BCUT2D eigenvalue weighted by atomic mass is 79.9. The normalized spacial score (nSPS) is 19.4. The van der Waals surface area contributed by atoms with Crippen molar-refractivity contribution in [3.63, 3.8) is 0 Å². The first-order valence-corrected chi connectivity index (χ1v) is 8.41. The molecule has 96 valence electrons.